The minimum absolute atomic E-state index is 0.190. The summed E-state index contributed by atoms with van der Waals surface area (Å²) in [7, 11) is 1.55. The highest BCUT2D eigenvalue weighted by Crippen LogP contribution is 2.28. The Bertz CT molecular complexity index is 662. The zero-order valence-corrected chi connectivity index (χ0v) is 13.6. The maximum Gasteiger partial charge on any atom is 0.251 e. The lowest BCUT2D eigenvalue weighted by Gasteiger charge is -2.12. The Labute approximate surface area is 135 Å². The summed E-state index contributed by atoms with van der Waals surface area (Å²) in [5, 5.41) is 9.89. The van der Waals surface area contributed by atoms with Gasteiger partial charge in [0.25, 0.3) is 5.91 Å². The van der Waals surface area contributed by atoms with E-state index in [0.717, 1.165) is 17.0 Å². The minimum Gasteiger partial charge on any atom is -0.493 e. The van der Waals surface area contributed by atoms with E-state index >= 15 is 0 Å². The quantitative estimate of drug-likeness (QED) is 0.714. The van der Waals surface area contributed by atoms with Crippen molar-refractivity contribution in [3.8, 4) is 11.5 Å². The topological polar surface area (TPSA) is 102 Å². The summed E-state index contributed by atoms with van der Waals surface area (Å²) < 4.78 is 10.7. The molecule has 1 aromatic carbocycles. The van der Waals surface area contributed by atoms with Crippen LogP contribution in [0.25, 0.3) is 0 Å². The summed E-state index contributed by atoms with van der Waals surface area (Å²) in [5.74, 6) is 0.878. The van der Waals surface area contributed by atoms with Crippen LogP contribution in [0.3, 0.4) is 0 Å². The first-order valence-electron chi connectivity index (χ1n) is 7.36. The van der Waals surface area contributed by atoms with Gasteiger partial charge >= 0.3 is 0 Å². The summed E-state index contributed by atoms with van der Waals surface area (Å²) in [6.07, 6.45) is 0. The van der Waals surface area contributed by atoms with Gasteiger partial charge < -0.3 is 20.5 Å². The van der Waals surface area contributed by atoms with Crippen molar-refractivity contribution < 1.29 is 14.3 Å². The lowest BCUT2D eigenvalue weighted by molar-refractivity contribution is 0.0950. The van der Waals surface area contributed by atoms with Crippen molar-refractivity contribution in [3.05, 3.63) is 40.7 Å². The SMILES string of the molecule is COc1ccc(C(=O)NCc2c(C)n[nH]c2C)cc1OCCN. The first-order chi connectivity index (χ1) is 11.1. The summed E-state index contributed by atoms with van der Waals surface area (Å²) in [6, 6.07) is 5.05. The Morgan fingerprint density at radius 2 is 2.13 bits per heavy atom. The van der Waals surface area contributed by atoms with Crippen LogP contribution >= 0.6 is 0 Å². The Morgan fingerprint density at radius 3 is 2.74 bits per heavy atom. The van der Waals surface area contributed by atoms with E-state index in [1.807, 2.05) is 13.8 Å². The van der Waals surface area contributed by atoms with Crippen LogP contribution in [0, 0.1) is 13.8 Å². The van der Waals surface area contributed by atoms with Crippen LogP contribution in [0.15, 0.2) is 18.2 Å². The van der Waals surface area contributed by atoms with Crippen molar-refractivity contribution in [3.63, 3.8) is 0 Å². The first-order valence-corrected chi connectivity index (χ1v) is 7.36. The monoisotopic (exact) mass is 318 g/mol. The highest BCUT2D eigenvalue weighted by molar-refractivity contribution is 5.94. The predicted octanol–water partition coefficient (Wildman–Crippen LogP) is 1.30. The van der Waals surface area contributed by atoms with Gasteiger partial charge in [-0.1, -0.05) is 0 Å². The number of nitrogens with one attached hydrogen (secondary N) is 2. The second kappa shape index (κ2) is 7.64. The fourth-order valence-corrected chi connectivity index (χ4v) is 2.20. The number of ether oxygens (including phenoxy) is 2. The van der Waals surface area contributed by atoms with Crippen LogP contribution in [-0.2, 0) is 6.54 Å². The number of aromatic nitrogens is 2. The van der Waals surface area contributed by atoms with Gasteiger partial charge in [-0.25, -0.2) is 0 Å². The van der Waals surface area contributed by atoms with Crippen LogP contribution < -0.4 is 20.5 Å². The van der Waals surface area contributed by atoms with Crippen molar-refractivity contribution in [2.75, 3.05) is 20.3 Å². The average molecular weight is 318 g/mol. The molecule has 2 rings (SSSR count). The average Bonchev–Trinajstić information content (AvgIpc) is 2.88. The van der Waals surface area contributed by atoms with Gasteiger partial charge in [-0.15, -0.1) is 0 Å². The van der Waals surface area contributed by atoms with E-state index in [0.29, 0.717) is 36.8 Å². The van der Waals surface area contributed by atoms with Crippen molar-refractivity contribution >= 4 is 5.91 Å². The molecule has 0 unspecified atom stereocenters. The maximum atomic E-state index is 12.3. The van der Waals surface area contributed by atoms with Crippen LogP contribution in [0.5, 0.6) is 11.5 Å². The lowest BCUT2D eigenvalue weighted by atomic mass is 10.1. The number of aryl methyl sites for hydroxylation is 2. The molecule has 0 atom stereocenters. The Balaban J connectivity index is 2.09. The molecule has 0 fully saturated rings. The number of H-pyrrole nitrogens is 1. The van der Waals surface area contributed by atoms with E-state index in [1.54, 1.807) is 25.3 Å². The van der Waals surface area contributed by atoms with Crippen LogP contribution in [-0.4, -0.2) is 36.4 Å². The summed E-state index contributed by atoms with van der Waals surface area (Å²) in [5.41, 5.74) is 8.76. The molecule has 1 amide bonds. The smallest absolute Gasteiger partial charge is 0.251 e. The van der Waals surface area contributed by atoms with E-state index in [2.05, 4.69) is 15.5 Å². The highest BCUT2D eigenvalue weighted by atomic mass is 16.5. The maximum absolute atomic E-state index is 12.3. The molecule has 7 nitrogen and oxygen atoms in total. The molecule has 0 aliphatic rings. The Kier molecular flexibility index (Phi) is 5.59. The van der Waals surface area contributed by atoms with Gasteiger partial charge in [0.2, 0.25) is 0 Å². The second-order valence-corrected chi connectivity index (χ2v) is 5.10. The largest absolute Gasteiger partial charge is 0.493 e. The van der Waals surface area contributed by atoms with Crippen molar-refractivity contribution in [2.24, 2.45) is 5.73 Å². The number of nitrogens with zero attached hydrogens (tertiary/aromatic N) is 1. The molecule has 0 spiro atoms. The van der Waals surface area contributed by atoms with E-state index in [1.165, 1.54) is 0 Å². The Morgan fingerprint density at radius 1 is 1.35 bits per heavy atom. The number of benzene rings is 1. The van der Waals surface area contributed by atoms with Gasteiger partial charge in [0.05, 0.1) is 12.8 Å². The zero-order valence-electron chi connectivity index (χ0n) is 13.6. The number of hydrogen-bond acceptors (Lipinski definition) is 5. The number of rotatable bonds is 7. The molecule has 124 valence electrons. The number of hydrogen-bond donors (Lipinski definition) is 3. The molecule has 0 saturated heterocycles. The third-order valence-corrected chi connectivity index (χ3v) is 3.51. The summed E-state index contributed by atoms with van der Waals surface area (Å²) in [4.78, 5) is 12.3. The Hall–Kier alpha value is -2.54. The number of carbonyl (C=O) groups excluding carboxylic acids is 1. The molecule has 7 heteroatoms. The molecule has 4 N–H and O–H groups in total. The normalized spacial score (nSPS) is 10.4. The molecular formula is C16H22N4O3. The van der Waals surface area contributed by atoms with Gasteiger partial charge in [-0.3, -0.25) is 9.89 Å². The minimum atomic E-state index is -0.190. The predicted molar refractivity (Wildman–Crippen MR) is 86.8 cm³/mol. The first kappa shape index (κ1) is 16.8. The van der Waals surface area contributed by atoms with Gasteiger partial charge in [0.1, 0.15) is 6.61 Å². The lowest BCUT2D eigenvalue weighted by Crippen LogP contribution is -2.23. The fourth-order valence-electron chi connectivity index (χ4n) is 2.20. The third kappa shape index (κ3) is 4.01. The van der Waals surface area contributed by atoms with Gasteiger partial charge in [0.15, 0.2) is 11.5 Å². The summed E-state index contributed by atoms with van der Waals surface area (Å²) >= 11 is 0. The molecular weight excluding hydrogens is 296 g/mol. The van der Waals surface area contributed by atoms with Crippen molar-refractivity contribution in [2.45, 2.75) is 20.4 Å². The molecule has 0 radical (unpaired) electrons. The van der Waals surface area contributed by atoms with E-state index in [4.69, 9.17) is 15.2 Å². The van der Waals surface area contributed by atoms with Crippen molar-refractivity contribution in [1.82, 2.24) is 15.5 Å². The number of amides is 1. The van der Waals surface area contributed by atoms with Gasteiger partial charge in [-0.2, -0.15) is 5.10 Å². The standard InChI is InChI=1S/C16H22N4O3/c1-10-13(11(2)20-19-10)9-18-16(21)12-4-5-14(22-3)15(8-12)23-7-6-17/h4-5,8H,6-7,9,17H2,1-3H3,(H,18,21)(H,19,20). The molecule has 0 bridgehead atoms. The fraction of sp³-hybridized carbons (Fsp3) is 0.375. The molecule has 1 aromatic heterocycles. The zero-order chi connectivity index (χ0) is 16.8. The highest BCUT2D eigenvalue weighted by Gasteiger charge is 2.13. The number of nitrogens with two attached hydrogens (primary N) is 1. The molecule has 0 aliphatic carbocycles. The number of aromatic amines is 1. The third-order valence-electron chi connectivity index (χ3n) is 3.51. The van der Waals surface area contributed by atoms with E-state index < -0.39 is 0 Å². The number of methoxy groups -OCH3 is 1. The van der Waals surface area contributed by atoms with Gasteiger partial charge in [-0.05, 0) is 32.0 Å². The molecule has 0 aliphatic heterocycles. The summed E-state index contributed by atoms with van der Waals surface area (Å²) in [6.45, 7) is 4.98. The van der Waals surface area contributed by atoms with Crippen LogP contribution in [0.1, 0.15) is 27.3 Å². The van der Waals surface area contributed by atoms with Gasteiger partial charge in [0, 0.05) is 29.9 Å². The molecule has 0 saturated carbocycles. The van der Waals surface area contributed by atoms with E-state index in [9.17, 15) is 4.79 Å². The molecule has 2 aromatic rings. The molecule has 23 heavy (non-hydrogen) atoms. The van der Waals surface area contributed by atoms with Crippen LogP contribution in [0.2, 0.25) is 0 Å². The van der Waals surface area contributed by atoms with Crippen LogP contribution in [0.4, 0.5) is 0 Å². The number of carbonyl (C=O) groups is 1. The van der Waals surface area contributed by atoms with E-state index in [-0.39, 0.29) is 5.91 Å². The second-order valence-electron chi connectivity index (χ2n) is 5.10. The van der Waals surface area contributed by atoms with Crippen molar-refractivity contribution in [1.29, 1.82) is 0 Å². The molecule has 1 heterocycles.